The van der Waals surface area contributed by atoms with Gasteiger partial charge in [-0.3, -0.25) is 4.79 Å². The Morgan fingerprint density at radius 2 is 2.19 bits per heavy atom. The second-order valence-corrected chi connectivity index (χ2v) is 4.61. The van der Waals surface area contributed by atoms with Gasteiger partial charge in [-0.25, -0.2) is 14.5 Å². The molecule has 1 amide bonds. The number of aromatic nitrogens is 3. The maximum Gasteiger partial charge on any atom is 0.326 e. The Hall–Kier alpha value is -2.70. The van der Waals surface area contributed by atoms with Gasteiger partial charge in [-0.05, 0) is 37.1 Å². The summed E-state index contributed by atoms with van der Waals surface area (Å²) >= 11 is 0. The molecule has 1 aromatic carbocycles. The first-order valence-electron chi connectivity index (χ1n) is 6.52. The van der Waals surface area contributed by atoms with Crippen LogP contribution in [0.2, 0.25) is 0 Å². The average Bonchev–Trinajstić information content (AvgIpc) is 2.97. The highest BCUT2D eigenvalue weighted by Crippen LogP contribution is 2.14. The number of carbonyl (C=O) groups is 2. The number of rotatable bonds is 5. The van der Waals surface area contributed by atoms with E-state index in [4.69, 9.17) is 5.11 Å². The molecule has 0 bridgehead atoms. The van der Waals surface area contributed by atoms with Crippen LogP contribution in [-0.4, -0.2) is 37.8 Å². The van der Waals surface area contributed by atoms with Crippen LogP contribution in [0, 0.1) is 6.92 Å². The van der Waals surface area contributed by atoms with Gasteiger partial charge in [0.2, 0.25) is 0 Å². The van der Waals surface area contributed by atoms with Crippen LogP contribution in [0.15, 0.2) is 30.9 Å². The summed E-state index contributed by atoms with van der Waals surface area (Å²) in [5.74, 6) is -1.45. The third-order valence-electron chi connectivity index (χ3n) is 3.14. The number of benzene rings is 1. The SMILES string of the molecule is CCC(NC(=O)c1ccc(-n2cncn2)c(C)c1)C(=O)O. The number of aryl methyl sites for hydroxylation is 1. The van der Waals surface area contributed by atoms with E-state index in [1.165, 1.54) is 6.33 Å². The number of hydrogen-bond donors (Lipinski definition) is 2. The van der Waals surface area contributed by atoms with Gasteiger partial charge < -0.3 is 10.4 Å². The van der Waals surface area contributed by atoms with E-state index >= 15 is 0 Å². The molecule has 21 heavy (non-hydrogen) atoms. The maximum absolute atomic E-state index is 12.1. The first kappa shape index (κ1) is 14.7. The van der Waals surface area contributed by atoms with Crippen molar-refractivity contribution in [2.45, 2.75) is 26.3 Å². The second-order valence-electron chi connectivity index (χ2n) is 4.61. The molecule has 0 saturated heterocycles. The Balaban J connectivity index is 2.20. The number of nitrogens with zero attached hydrogens (tertiary/aromatic N) is 3. The maximum atomic E-state index is 12.1. The van der Waals surface area contributed by atoms with Crippen LogP contribution in [-0.2, 0) is 4.79 Å². The van der Waals surface area contributed by atoms with Gasteiger partial charge >= 0.3 is 5.97 Å². The molecular formula is C14H16N4O3. The summed E-state index contributed by atoms with van der Waals surface area (Å²) in [6, 6.07) is 4.20. The van der Waals surface area contributed by atoms with Crippen LogP contribution in [0.3, 0.4) is 0 Å². The summed E-state index contributed by atoms with van der Waals surface area (Å²) < 4.78 is 1.60. The summed E-state index contributed by atoms with van der Waals surface area (Å²) in [5, 5.41) is 15.5. The van der Waals surface area contributed by atoms with E-state index in [9.17, 15) is 9.59 Å². The van der Waals surface area contributed by atoms with Crippen LogP contribution in [0.25, 0.3) is 5.69 Å². The highest BCUT2D eigenvalue weighted by atomic mass is 16.4. The molecule has 2 N–H and O–H groups in total. The fourth-order valence-corrected chi connectivity index (χ4v) is 1.97. The van der Waals surface area contributed by atoms with Crippen LogP contribution in [0.5, 0.6) is 0 Å². The summed E-state index contributed by atoms with van der Waals surface area (Å²) in [6.07, 6.45) is 3.33. The molecule has 7 nitrogen and oxygen atoms in total. The first-order chi connectivity index (χ1) is 10.0. The van der Waals surface area contributed by atoms with Gasteiger partial charge in [-0.2, -0.15) is 5.10 Å². The molecule has 0 radical (unpaired) electrons. The number of nitrogens with one attached hydrogen (secondary N) is 1. The summed E-state index contributed by atoms with van der Waals surface area (Å²) in [4.78, 5) is 26.9. The fraction of sp³-hybridized carbons (Fsp3) is 0.286. The Morgan fingerprint density at radius 3 is 2.71 bits per heavy atom. The van der Waals surface area contributed by atoms with Crippen LogP contribution >= 0.6 is 0 Å². The second kappa shape index (κ2) is 6.17. The molecule has 0 aliphatic carbocycles. The van der Waals surface area contributed by atoms with E-state index in [2.05, 4.69) is 15.4 Å². The van der Waals surface area contributed by atoms with Crippen molar-refractivity contribution < 1.29 is 14.7 Å². The highest BCUT2D eigenvalue weighted by Gasteiger charge is 2.18. The number of aliphatic carboxylic acids is 1. The van der Waals surface area contributed by atoms with Gasteiger partial charge in [0.1, 0.15) is 18.7 Å². The third-order valence-corrected chi connectivity index (χ3v) is 3.14. The topological polar surface area (TPSA) is 97.1 Å². The van der Waals surface area contributed by atoms with Crippen molar-refractivity contribution in [1.82, 2.24) is 20.1 Å². The molecule has 2 rings (SSSR count). The van der Waals surface area contributed by atoms with Crippen molar-refractivity contribution >= 4 is 11.9 Å². The number of carbonyl (C=O) groups excluding carboxylic acids is 1. The van der Waals surface area contributed by atoms with Crippen molar-refractivity contribution in [3.63, 3.8) is 0 Å². The van der Waals surface area contributed by atoms with Gasteiger partial charge in [0.05, 0.1) is 5.69 Å². The van der Waals surface area contributed by atoms with Crippen LogP contribution < -0.4 is 5.32 Å². The quantitative estimate of drug-likeness (QED) is 0.860. The molecular weight excluding hydrogens is 272 g/mol. The molecule has 0 aliphatic heterocycles. The average molecular weight is 288 g/mol. The van der Waals surface area contributed by atoms with Crippen molar-refractivity contribution in [3.05, 3.63) is 42.0 Å². The lowest BCUT2D eigenvalue weighted by Crippen LogP contribution is -2.40. The lowest BCUT2D eigenvalue weighted by Gasteiger charge is -2.13. The molecule has 1 atom stereocenters. The zero-order chi connectivity index (χ0) is 15.4. The molecule has 0 spiro atoms. The number of carboxylic acids is 1. The Kier molecular flexibility index (Phi) is 4.32. The summed E-state index contributed by atoms with van der Waals surface area (Å²) in [7, 11) is 0. The van der Waals surface area contributed by atoms with E-state index in [1.54, 1.807) is 36.1 Å². The van der Waals surface area contributed by atoms with Gasteiger partial charge in [0.25, 0.3) is 5.91 Å². The van der Waals surface area contributed by atoms with E-state index in [0.29, 0.717) is 12.0 Å². The largest absolute Gasteiger partial charge is 0.480 e. The van der Waals surface area contributed by atoms with Crippen molar-refractivity contribution in [3.8, 4) is 5.69 Å². The molecule has 0 aliphatic rings. The van der Waals surface area contributed by atoms with Crippen molar-refractivity contribution in [2.75, 3.05) is 0 Å². The fourth-order valence-electron chi connectivity index (χ4n) is 1.97. The predicted octanol–water partition coefficient (Wildman–Crippen LogP) is 1.17. The predicted molar refractivity (Wildman–Crippen MR) is 75.3 cm³/mol. The molecule has 0 saturated carbocycles. The number of amides is 1. The van der Waals surface area contributed by atoms with Crippen LogP contribution in [0.4, 0.5) is 0 Å². The Morgan fingerprint density at radius 1 is 1.43 bits per heavy atom. The van der Waals surface area contributed by atoms with Gasteiger partial charge in [-0.1, -0.05) is 6.92 Å². The molecule has 1 aromatic heterocycles. The smallest absolute Gasteiger partial charge is 0.326 e. The van der Waals surface area contributed by atoms with Gasteiger partial charge in [0, 0.05) is 5.56 Å². The standard InChI is InChI=1S/C14H16N4O3/c1-3-11(14(20)21)17-13(19)10-4-5-12(9(2)6-10)18-8-15-7-16-18/h4-8,11H,3H2,1-2H3,(H,17,19)(H,20,21). The monoisotopic (exact) mass is 288 g/mol. The Labute approximate surface area is 121 Å². The molecule has 1 heterocycles. The minimum atomic E-state index is -1.04. The normalized spacial score (nSPS) is 11.9. The van der Waals surface area contributed by atoms with Gasteiger partial charge in [-0.15, -0.1) is 0 Å². The zero-order valence-electron chi connectivity index (χ0n) is 11.8. The Bertz CT molecular complexity index is 652. The van der Waals surface area contributed by atoms with E-state index in [1.807, 2.05) is 6.92 Å². The zero-order valence-corrected chi connectivity index (χ0v) is 11.8. The van der Waals surface area contributed by atoms with Crippen molar-refractivity contribution in [1.29, 1.82) is 0 Å². The summed E-state index contributed by atoms with van der Waals surface area (Å²) in [6.45, 7) is 3.56. The molecule has 0 fully saturated rings. The molecule has 7 heteroatoms. The van der Waals surface area contributed by atoms with E-state index in [0.717, 1.165) is 11.3 Å². The van der Waals surface area contributed by atoms with Crippen LogP contribution in [0.1, 0.15) is 29.3 Å². The molecule has 1 unspecified atom stereocenters. The third kappa shape index (κ3) is 3.25. The minimum absolute atomic E-state index is 0.330. The highest BCUT2D eigenvalue weighted by molar-refractivity contribution is 5.96. The van der Waals surface area contributed by atoms with E-state index in [-0.39, 0.29) is 0 Å². The summed E-state index contributed by atoms with van der Waals surface area (Å²) in [5.41, 5.74) is 2.07. The number of carboxylic acid groups (broad SMARTS) is 1. The van der Waals surface area contributed by atoms with Gasteiger partial charge in [0.15, 0.2) is 0 Å². The lowest BCUT2D eigenvalue weighted by atomic mass is 10.1. The minimum Gasteiger partial charge on any atom is -0.480 e. The number of hydrogen-bond acceptors (Lipinski definition) is 4. The lowest BCUT2D eigenvalue weighted by molar-refractivity contribution is -0.139. The molecule has 110 valence electrons. The first-order valence-corrected chi connectivity index (χ1v) is 6.52. The molecule has 2 aromatic rings. The van der Waals surface area contributed by atoms with E-state index < -0.39 is 17.9 Å². The van der Waals surface area contributed by atoms with Crippen molar-refractivity contribution in [2.24, 2.45) is 0 Å².